The van der Waals surface area contributed by atoms with Crippen molar-refractivity contribution in [2.45, 2.75) is 0 Å². The molecule has 4 nitrogen and oxygen atoms in total. The third-order valence-electron chi connectivity index (χ3n) is 1.24. The van der Waals surface area contributed by atoms with Gasteiger partial charge in [0.15, 0.2) is 5.75 Å². The van der Waals surface area contributed by atoms with Crippen molar-refractivity contribution in [2.75, 3.05) is 0 Å². The SMILES string of the molecule is NOc1ccccc1C=NO. The lowest BCUT2D eigenvalue weighted by Crippen LogP contribution is -2.03. The fraction of sp³-hybridized carbons (Fsp3) is 0. The van der Waals surface area contributed by atoms with E-state index in [1.54, 1.807) is 24.3 Å². The lowest BCUT2D eigenvalue weighted by molar-refractivity contribution is 0.319. The highest BCUT2D eigenvalue weighted by Gasteiger charge is 1.96. The summed E-state index contributed by atoms with van der Waals surface area (Å²) in [5.74, 6) is 5.41. The minimum atomic E-state index is 0.477. The molecule has 0 amide bonds. The maximum absolute atomic E-state index is 8.21. The predicted molar refractivity (Wildman–Crippen MR) is 40.6 cm³/mol. The highest BCUT2D eigenvalue weighted by Crippen LogP contribution is 2.13. The van der Waals surface area contributed by atoms with Crippen LogP contribution in [0.25, 0.3) is 0 Å². The minimum Gasteiger partial charge on any atom is -0.411 e. The van der Waals surface area contributed by atoms with Crippen molar-refractivity contribution in [1.82, 2.24) is 0 Å². The summed E-state index contributed by atoms with van der Waals surface area (Å²) < 4.78 is 0. The van der Waals surface area contributed by atoms with Crippen LogP contribution in [0.3, 0.4) is 0 Å². The lowest BCUT2D eigenvalue weighted by atomic mass is 10.2. The molecule has 58 valence electrons. The number of hydrogen-bond donors (Lipinski definition) is 2. The van der Waals surface area contributed by atoms with E-state index >= 15 is 0 Å². The fourth-order valence-electron chi connectivity index (χ4n) is 0.757. The van der Waals surface area contributed by atoms with Crippen LogP contribution in [-0.2, 0) is 0 Å². The number of para-hydroxylation sites is 1. The van der Waals surface area contributed by atoms with Gasteiger partial charge < -0.3 is 10.0 Å². The van der Waals surface area contributed by atoms with E-state index in [0.29, 0.717) is 11.3 Å². The second kappa shape index (κ2) is 3.58. The molecular weight excluding hydrogens is 144 g/mol. The van der Waals surface area contributed by atoms with E-state index in [9.17, 15) is 0 Å². The Bertz CT molecular complexity index is 260. The predicted octanol–water partition coefficient (Wildman–Crippen LogP) is 0.747. The quantitative estimate of drug-likeness (QED) is 0.373. The van der Waals surface area contributed by atoms with Crippen molar-refractivity contribution in [2.24, 2.45) is 11.1 Å². The number of rotatable bonds is 2. The lowest BCUT2D eigenvalue weighted by Gasteiger charge is -1.99. The van der Waals surface area contributed by atoms with E-state index in [2.05, 4.69) is 9.99 Å². The Morgan fingerprint density at radius 1 is 1.45 bits per heavy atom. The molecule has 1 aromatic carbocycles. The van der Waals surface area contributed by atoms with Crippen molar-refractivity contribution in [3.63, 3.8) is 0 Å². The standard InChI is InChI=1S/C7H8N2O2/c8-11-7-4-2-1-3-6(7)5-9-10/h1-5,10H,8H2. The van der Waals surface area contributed by atoms with Gasteiger partial charge in [-0.1, -0.05) is 17.3 Å². The summed E-state index contributed by atoms with van der Waals surface area (Å²) in [4.78, 5) is 4.50. The van der Waals surface area contributed by atoms with E-state index < -0.39 is 0 Å². The maximum Gasteiger partial charge on any atom is 0.155 e. The summed E-state index contributed by atoms with van der Waals surface area (Å²) in [7, 11) is 0. The molecular formula is C7H8N2O2. The molecule has 0 aliphatic carbocycles. The van der Waals surface area contributed by atoms with Crippen LogP contribution >= 0.6 is 0 Å². The van der Waals surface area contributed by atoms with Crippen LogP contribution in [0.4, 0.5) is 0 Å². The molecule has 1 aromatic rings. The van der Waals surface area contributed by atoms with Gasteiger partial charge in [0.05, 0.1) is 6.21 Å². The average Bonchev–Trinajstić information content (AvgIpc) is 2.06. The molecule has 4 heteroatoms. The van der Waals surface area contributed by atoms with E-state index in [-0.39, 0.29) is 0 Å². The van der Waals surface area contributed by atoms with Crippen molar-refractivity contribution < 1.29 is 10.0 Å². The second-order valence-corrected chi connectivity index (χ2v) is 1.90. The zero-order valence-electron chi connectivity index (χ0n) is 5.77. The summed E-state index contributed by atoms with van der Waals surface area (Å²) in [6.07, 6.45) is 1.25. The van der Waals surface area contributed by atoms with E-state index in [0.717, 1.165) is 0 Å². The van der Waals surface area contributed by atoms with Gasteiger partial charge in [-0.05, 0) is 12.1 Å². The molecule has 0 unspecified atom stereocenters. The van der Waals surface area contributed by atoms with Gasteiger partial charge in [0.25, 0.3) is 0 Å². The van der Waals surface area contributed by atoms with Crippen LogP contribution in [0.1, 0.15) is 5.56 Å². The molecule has 0 radical (unpaired) electrons. The third-order valence-corrected chi connectivity index (χ3v) is 1.24. The topological polar surface area (TPSA) is 67.8 Å². The first kappa shape index (κ1) is 7.56. The molecule has 0 saturated heterocycles. The number of nitrogens with zero attached hydrogens (tertiary/aromatic N) is 1. The van der Waals surface area contributed by atoms with Gasteiger partial charge in [-0.2, -0.15) is 5.90 Å². The van der Waals surface area contributed by atoms with E-state index in [1.807, 2.05) is 0 Å². The first-order valence-electron chi connectivity index (χ1n) is 3.01. The fourth-order valence-corrected chi connectivity index (χ4v) is 0.757. The van der Waals surface area contributed by atoms with Crippen molar-refractivity contribution in [3.8, 4) is 5.75 Å². The Hall–Kier alpha value is -1.55. The molecule has 0 spiro atoms. The minimum absolute atomic E-state index is 0.477. The Balaban J connectivity index is 3.02. The molecule has 0 bridgehead atoms. The van der Waals surface area contributed by atoms with Gasteiger partial charge in [-0.3, -0.25) is 0 Å². The molecule has 0 saturated carbocycles. The molecule has 1 rings (SSSR count). The van der Waals surface area contributed by atoms with E-state index in [4.69, 9.17) is 11.1 Å². The summed E-state index contributed by atoms with van der Waals surface area (Å²) in [6.45, 7) is 0. The molecule has 11 heavy (non-hydrogen) atoms. The Morgan fingerprint density at radius 2 is 2.18 bits per heavy atom. The van der Waals surface area contributed by atoms with Crippen LogP contribution in [0.2, 0.25) is 0 Å². The second-order valence-electron chi connectivity index (χ2n) is 1.90. The smallest absolute Gasteiger partial charge is 0.155 e. The summed E-state index contributed by atoms with van der Waals surface area (Å²) >= 11 is 0. The van der Waals surface area contributed by atoms with E-state index in [1.165, 1.54) is 6.21 Å². The highest BCUT2D eigenvalue weighted by molar-refractivity contribution is 5.82. The molecule has 0 aromatic heterocycles. The number of hydrogen-bond acceptors (Lipinski definition) is 4. The normalized spacial score (nSPS) is 10.3. The van der Waals surface area contributed by atoms with Gasteiger partial charge in [0, 0.05) is 5.56 Å². The number of oxime groups is 1. The van der Waals surface area contributed by atoms with Crippen LogP contribution in [0, 0.1) is 0 Å². The third kappa shape index (κ3) is 1.68. The Labute approximate surface area is 63.8 Å². The first-order chi connectivity index (χ1) is 5.38. The van der Waals surface area contributed by atoms with Crippen LogP contribution < -0.4 is 10.7 Å². The zero-order valence-corrected chi connectivity index (χ0v) is 5.77. The van der Waals surface area contributed by atoms with Crippen molar-refractivity contribution in [1.29, 1.82) is 0 Å². The maximum atomic E-state index is 8.21. The highest BCUT2D eigenvalue weighted by atomic mass is 16.6. The van der Waals surface area contributed by atoms with Crippen molar-refractivity contribution >= 4 is 6.21 Å². The molecule has 0 heterocycles. The summed E-state index contributed by atoms with van der Waals surface area (Å²) in [5, 5.41) is 11.1. The summed E-state index contributed by atoms with van der Waals surface area (Å²) in [6, 6.07) is 6.97. The molecule has 0 fully saturated rings. The number of benzene rings is 1. The summed E-state index contributed by atoms with van der Waals surface area (Å²) in [5.41, 5.74) is 0.637. The monoisotopic (exact) mass is 152 g/mol. The van der Waals surface area contributed by atoms with Crippen LogP contribution in [-0.4, -0.2) is 11.4 Å². The van der Waals surface area contributed by atoms with Crippen LogP contribution in [0.15, 0.2) is 29.4 Å². The average molecular weight is 152 g/mol. The molecule has 0 atom stereocenters. The van der Waals surface area contributed by atoms with Gasteiger partial charge >= 0.3 is 0 Å². The largest absolute Gasteiger partial charge is 0.411 e. The van der Waals surface area contributed by atoms with Crippen LogP contribution in [0.5, 0.6) is 5.75 Å². The van der Waals surface area contributed by atoms with Gasteiger partial charge in [0.2, 0.25) is 0 Å². The van der Waals surface area contributed by atoms with Gasteiger partial charge in [-0.25, -0.2) is 0 Å². The first-order valence-corrected chi connectivity index (χ1v) is 3.01. The molecule has 3 N–H and O–H groups in total. The Kier molecular flexibility index (Phi) is 2.46. The number of nitrogens with two attached hydrogens (primary N) is 1. The van der Waals surface area contributed by atoms with Crippen molar-refractivity contribution in [3.05, 3.63) is 29.8 Å². The van der Waals surface area contributed by atoms with Gasteiger partial charge in [-0.15, -0.1) is 0 Å². The Morgan fingerprint density at radius 3 is 2.82 bits per heavy atom. The molecule has 0 aliphatic heterocycles. The molecule has 0 aliphatic rings. The van der Waals surface area contributed by atoms with Gasteiger partial charge in [0.1, 0.15) is 0 Å². The zero-order chi connectivity index (χ0) is 8.10.